The Balaban J connectivity index is 1.39. The van der Waals surface area contributed by atoms with Gasteiger partial charge < -0.3 is 15.8 Å². The first-order chi connectivity index (χ1) is 15.0. The molecule has 1 aliphatic rings. The number of ether oxygens (including phenoxy) is 1. The third kappa shape index (κ3) is 4.06. The molecular weight excluding hydrogens is 415 g/mol. The van der Waals surface area contributed by atoms with Gasteiger partial charge in [-0.1, -0.05) is 6.07 Å². The summed E-state index contributed by atoms with van der Waals surface area (Å²) in [6, 6.07) is 12.0. The molecule has 8 heteroatoms. The Morgan fingerprint density at radius 2 is 2.06 bits per heavy atom. The molecule has 0 aliphatic carbocycles. The smallest absolute Gasteiger partial charge is 0.220 e. The summed E-state index contributed by atoms with van der Waals surface area (Å²) >= 11 is 1.49. The summed E-state index contributed by atoms with van der Waals surface area (Å²) in [6.07, 6.45) is 4.89. The summed E-state index contributed by atoms with van der Waals surface area (Å²) < 4.78 is 20.8. The van der Waals surface area contributed by atoms with Crippen LogP contribution in [0.1, 0.15) is 12.0 Å². The van der Waals surface area contributed by atoms with Gasteiger partial charge in [-0.15, -0.1) is 11.3 Å². The molecule has 156 valence electrons. The number of nitrogen functional groups attached to an aromatic ring is 1. The number of nitrogens with two attached hydrogens (primary N) is 1. The van der Waals surface area contributed by atoms with Crippen LogP contribution >= 0.6 is 11.3 Å². The number of anilines is 1. The van der Waals surface area contributed by atoms with Crippen molar-refractivity contribution in [2.45, 2.75) is 12.8 Å². The Morgan fingerprint density at radius 3 is 2.81 bits per heavy atom. The fourth-order valence-electron chi connectivity index (χ4n) is 3.67. The third-order valence-electron chi connectivity index (χ3n) is 5.22. The monoisotopic (exact) mass is 434 g/mol. The average molecular weight is 434 g/mol. The minimum atomic E-state index is -0.516. The van der Waals surface area contributed by atoms with Gasteiger partial charge in [-0.2, -0.15) is 0 Å². The van der Waals surface area contributed by atoms with E-state index >= 15 is 0 Å². The zero-order valence-corrected chi connectivity index (χ0v) is 17.3. The topological polar surface area (TPSA) is 90.1 Å². The van der Waals surface area contributed by atoms with Crippen LogP contribution in [-0.2, 0) is 11.2 Å². The van der Waals surface area contributed by atoms with E-state index < -0.39 is 5.82 Å². The van der Waals surface area contributed by atoms with Gasteiger partial charge >= 0.3 is 0 Å². The standard InChI is InChI=1S/C23H19FN4O2S/c24-16-9-15(25)2-4-19(16)30-20-5-6-26-18-10-21(31-23(18)20)17-3-1-13(11-27-17)7-14-8-22(29)28-12-14/h1-6,9-11,14H,7-8,12,25H2,(H,28,29). The Hall–Kier alpha value is -3.52. The fourth-order valence-corrected chi connectivity index (χ4v) is 4.72. The molecule has 1 saturated heterocycles. The van der Waals surface area contributed by atoms with Crippen molar-refractivity contribution in [2.75, 3.05) is 12.3 Å². The molecule has 0 bridgehead atoms. The zero-order valence-electron chi connectivity index (χ0n) is 16.5. The van der Waals surface area contributed by atoms with Crippen molar-refractivity contribution in [1.82, 2.24) is 15.3 Å². The normalized spacial score (nSPS) is 15.9. The number of pyridine rings is 2. The summed E-state index contributed by atoms with van der Waals surface area (Å²) in [5.41, 5.74) is 8.65. The Kier molecular flexibility index (Phi) is 4.99. The number of carbonyl (C=O) groups is 1. The first-order valence-corrected chi connectivity index (χ1v) is 10.7. The maximum atomic E-state index is 14.2. The molecular formula is C23H19FN4O2S. The lowest BCUT2D eigenvalue weighted by molar-refractivity contribution is -0.119. The lowest BCUT2D eigenvalue weighted by Gasteiger charge is -2.08. The van der Waals surface area contributed by atoms with Crippen LogP contribution in [0.25, 0.3) is 20.8 Å². The van der Waals surface area contributed by atoms with Crippen LogP contribution in [0.2, 0.25) is 0 Å². The van der Waals surface area contributed by atoms with Crippen LogP contribution in [0, 0.1) is 11.7 Å². The van der Waals surface area contributed by atoms with Gasteiger partial charge in [0, 0.05) is 43.2 Å². The van der Waals surface area contributed by atoms with E-state index in [0.29, 0.717) is 23.8 Å². The number of halogens is 1. The molecule has 3 aromatic heterocycles. The molecule has 31 heavy (non-hydrogen) atoms. The Bertz CT molecular complexity index is 1270. The summed E-state index contributed by atoms with van der Waals surface area (Å²) in [5.74, 6) is 0.559. The van der Waals surface area contributed by atoms with Gasteiger partial charge in [0.1, 0.15) is 5.75 Å². The van der Waals surface area contributed by atoms with Gasteiger partial charge in [-0.05, 0) is 42.2 Å². The highest BCUT2D eigenvalue weighted by Crippen LogP contribution is 2.39. The third-order valence-corrected chi connectivity index (χ3v) is 6.38. The first kappa shape index (κ1) is 19.4. The second-order valence-corrected chi connectivity index (χ2v) is 8.61. The predicted octanol–water partition coefficient (Wildman–Crippen LogP) is 4.55. The van der Waals surface area contributed by atoms with Crippen LogP contribution in [0.5, 0.6) is 11.5 Å². The van der Waals surface area contributed by atoms with Crippen LogP contribution in [0.15, 0.2) is 54.9 Å². The van der Waals surface area contributed by atoms with E-state index in [4.69, 9.17) is 10.5 Å². The number of benzene rings is 1. The quantitative estimate of drug-likeness (QED) is 0.450. The highest BCUT2D eigenvalue weighted by molar-refractivity contribution is 7.22. The van der Waals surface area contributed by atoms with E-state index in [-0.39, 0.29) is 11.7 Å². The highest BCUT2D eigenvalue weighted by atomic mass is 32.1. The van der Waals surface area contributed by atoms with Gasteiger partial charge in [-0.3, -0.25) is 14.8 Å². The van der Waals surface area contributed by atoms with Crippen molar-refractivity contribution in [1.29, 1.82) is 0 Å². The van der Waals surface area contributed by atoms with E-state index in [1.807, 2.05) is 24.4 Å². The van der Waals surface area contributed by atoms with Gasteiger partial charge in [0.15, 0.2) is 11.6 Å². The number of rotatable bonds is 5. The molecule has 1 fully saturated rings. The molecule has 3 N–H and O–H groups in total. The number of amides is 1. The lowest BCUT2D eigenvalue weighted by atomic mass is 9.99. The number of nitrogens with zero attached hydrogens (tertiary/aromatic N) is 2. The van der Waals surface area contributed by atoms with Crippen molar-refractivity contribution in [3.05, 3.63) is 66.2 Å². The predicted molar refractivity (Wildman–Crippen MR) is 119 cm³/mol. The molecule has 0 saturated carbocycles. The Morgan fingerprint density at radius 1 is 1.16 bits per heavy atom. The minimum Gasteiger partial charge on any atom is -0.453 e. The SMILES string of the molecule is Nc1ccc(Oc2ccnc3cc(-c4ccc(CC5CNC(=O)C5)cn4)sc23)c(F)c1. The molecule has 4 heterocycles. The first-order valence-electron chi connectivity index (χ1n) is 9.88. The summed E-state index contributed by atoms with van der Waals surface area (Å²) in [5, 5.41) is 2.86. The van der Waals surface area contributed by atoms with Crippen molar-refractivity contribution in [3.8, 4) is 22.1 Å². The number of carbonyl (C=O) groups excluding carboxylic acids is 1. The average Bonchev–Trinajstić information content (AvgIpc) is 3.37. The van der Waals surface area contributed by atoms with Crippen LogP contribution in [0.3, 0.4) is 0 Å². The van der Waals surface area contributed by atoms with Crippen molar-refractivity contribution in [3.63, 3.8) is 0 Å². The molecule has 1 aliphatic heterocycles. The van der Waals surface area contributed by atoms with Crippen LogP contribution in [0.4, 0.5) is 10.1 Å². The number of hydrogen-bond donors (Lipinski definition) is 2. The summed E-state index contributed by atoms with van der Waals surface area (Å²) in [6.45, 7) is 0.722. The lowest BCUT2D eigenvalue weighted by Crippen LogP contribution is -2.14. The summed E-state index contributed by atoms with van der Waals surface area (Å²) in [4.78, 5) is 21.3. The summed E-state index contributed by atoms with van der Waals surface area (Å²) in [7, 11) is 0. The van der Waals surface area contributed by atoms with Crippen LogP contribution in [-0.4, -0.2) is 22.4 Å². The molecule has 4 aromatic rings. The van der Waals surface area contributed by atoms with E-state index in [9.17, 15) is 9.18 Å². The number of thiophene rings is 1. The van der Waals surface area contributed by atoms with E-state index in [2.05, 4.69) is 15.3 Å². The molecule has 0 radical (unpaired) electrons. The minimum absolute atomic E-state index is 0.110. The largest absolute Gasteiger partial charge is 0.453 e. The van der Waals surface area contributed by atoms with Crippen LogP contribution < -0.4 is 15.8 Å². The van der Waals surface area contributed by atoms with Gasteiger partial charge in [-0.25, -0.2) is 4.39 Å². The van der Waals surface area contributed by atoms with E-state index in [1.165, 1.54) is 23.5 Å². The number of aromatic nitrogens is 2. The molecule has 1 aromatic carbocycles. The highest BCUT2D eigenvalue weighted by Gasteiger charge is 2.21. The van der Waals surface area contributed by atoms with Gasteiger partial charge in [0.2, 0.25) is 5.91 Å². The van der Waals surface area contributed by atoms with Crippen molar-refractivity contribution >= 4 is 33.1 Å². The van der Waals surface area contributed by atoms with E-state index in [1.54, 1.807) is 18.3 Å². The van der Waals surface area contributed by atoms with E-state index in [0.717, 1.165) is 39.3 Å². The Labute approximate surface area is 181 Å². The number of hydrogen-bond acceptors (Lipinski definition) is 6. The van der Waals surface area contributed by atoms with Gasteiger partial charge in [0.05, 0.1) is 20.8 Å². The number of nitrogens with one attached hydrogen (secondary N) is 1. The second-order valence-electron chi connectivity index (χ2n) is 7.56. The molecule has 0 spiro atoms. The number of fused-ring (bicyclic) bond motifs is 1. The molecule has 6 nitrogen and oxygen atoms in total. The fraction of sp³-hybridized carbons (Fsp3) is 0.174. The molecule has 1 atom stereocenters. The van der Waals surface area contributed by atoms with Gasteiger partial charge in [0.25, 0.3) is 0 Å². The second kappa shape index (κ2) is 7.96. The van der Waals surface area contributed by atoms with Crippen molar-refractivity contribution < 1.29 is 13.9 Å². The maximum absolute atomic E-state index is 14.2. The molecule has 1 amide bonds. The van der Waals surface area contributed by atoms with Crippen molar-refractivity contribution in [2.24, 2.45) is 5.92 Å². The zero-order chi connectivity index (χ0) is 21.4. The molecule has 1 unspecified atom stereocenters. The molecule has 5 rings (SSSR count). The maximum Gasteiger partial charge on any atom is 0.220 e.